The molecular formula is C29H36N2O5. The lowest BCUT2D eigenvalue weighted by Crippen LogP contribution is -2.38. The molecule has 1 N–H and O–H groups in total. The highest BCUT2D eigenvalue weighted by Gasteiger charge is 2.45. The molecule has 2 aromatic rings. The molecule has 192 valence electrons. The fourth-order valence-electron chi connectivity index (χ4n) is 4.80. The number of rotatable bonds is 9. The van der Waals surface area contributed by atoms with Crippen LogP contribution in [0, 0.1) is 0 Å². The van der Waals surface area contributed by atoms with Crippen molar-refractivity contribution in [1.82, 2.24) is 9.80 Å². The van der Waals surface area contributed by atoms with Crippen molar-refractivity contribution in [1.29, 1.82) is 0 Å². The van der Waals surface area contributed by atoms with E-state index in [1.165, 1.54) is 5.56 Å². The zero-order chi connectivity index (χ0) is 25.7. The Morgan fingerprint density at radius 1 is 1.03 bits per heavy atom. The summed E-state index contributed by atoms with van der Waals surface area (Å²) in [6.45, 7) is 10.4. The van der Waals surface area contributed by atoms with Crippen LogP contribution in [0.4, 0.5) is 0 Å². The standard InChI is InChI=1S/C29H36N2O5/c1-4-21-6-8-22(9-7-21)26-25(27(32)23-10-12-24(13-11-23)36-20(2)3)28(33)29(34)31(26)15-5-14-30-16-18-35-19-17-30/h6-13,20,26,32H,4-5,14-19H2,1-3H3/t26-/m0/s1. The van der Waals surface area contributed by atoms with Crippen molar-refractivity contribution >= 4 is 17.4 Å². The molecule has 0 aromatic heterocycles. The van der Waals surface area contributed by atoms with Crippen LogP contribution in [-0.4, -0.2) is 72.1 Å². The molecule has 0 aliphatic carbocycles. The highest BCUT2D eigenvalue weighted by Crippen LogP contribution is 2.39. The summed E-state index contributed by atoms with van der Waals surface area (Å²) in [7, 11) is 0. The molecule has 0 unspecified atom stereocenters. The third-order valence-electron chi connectivity index (χ3n) is 6.72. The topological polar surface area (TPSA) is 79.3 Å². The first-order chi connectivity index (χ1) is 17.4. The first kappa shape index (κ1) is 25.9. The van der Waals surface area contributed by atoms with E-state index in [9.17, 15) is 14.7 Å². The van der Waals surface area contributed by atoms with E-state index in [1.54, 1.807) is 29.2 Å². The minimum atomic E-state index is -0.647. The molecule has 2 heterocycles. The summed E-state index contributed by atoms with van der Waals surface area (Å²) >= 11 is 0. The average molecular weight is 493 g/mol. The number of aryl methyl sites for hydroxylation is 1. The number of hydrogen-bond donors (Lipinski definition) is 1. The van der Waals surface area contributed by atoms with E-state index < -0.39 is 17.7 Å². The van der Waals surface area contributed by atoms with E-state index in [2.05, 4.69) is 11.8 Å². The Balaban J connectivity index is 1.65. The van der Waals surface area contributed by atoms with Gasteiger partial charge in [-0.15, -0.1) is 0 Å². The van der Waals surface area contributed by atoms with E-state index in [0.717, 1.165) is 51.3 Å². The number of carbonyl (C=O) groups is 2. The number of benzene rings is 2. The Labute approximate surface area is 213 Å². The summed E-state index contributed by atoms with van der Waals surface area (Å²) in [5, 5.41) is 11.3. The van der Waals surface area contributed by atoms with Gasteiger partial charge >= 0.3 is 0 Å². The van der Waals surface area contributed by atoms with E-state index in [1.807, 2.05) is 38.1 Å². The number of amides is 1. The second-order valence-corrected chi connectivity index (χ2v) is 9.59. The molecule has 2 aromatic carbocycles. The van der Waals surface area contributed by atoms with Crippen LogP contribution in [0.5, 0.6) is 5.75 Å². The van der Waals surface area contributed by atoms with Crippen LogP contribution in [0.3, 0.4) is 0 Å². The zero-order valence-corrected chi connectivity index (χ0v) is 21.4. The second kappa shape index (κ2) is 11.7. The summed E-state index contributed by atoms with van der Waals surface area (Å²) in [5.41, 5.74) is 2.60. The maximum absolute atomic E-state index is 13.3. The Morgan fingerprint density at radius 2 is 1.69 bits per heavy atom. The van der Waals surface area contributed by atoms with Gasteiger partial charge in [-0.3, -0.25) is 14.5 Å². The van der Waals surface area contributed by atoms with Crippen molar-refractivity contribution in [2.45, 2.75) is 45.8 Å². The normalized spacial score (nSPS) is 20.3. The number of ether oxygens (including phenoxy) is 2. The summed E-state index contributed by atoms with van der Waals surface area (Å²) in [6, 6.07) is 14.3. The van der Waals surface area contributed by atoms with E-state index in [0.29, 0.717) is 17.9 Å². The molecule has 7 nitrogen and oxygen atoms in total. The van der Waals surface area contributed by atoms with Crippen LogP contribution >= 0.6 is 0 Å². The molecule has 1 atom stereocenters. The van der Waals surface area contributed by atoms with Gasteiger partial charge in [0.2, 0.25) is 0 Å². The van der Waals surface area contributed by atoms with Crippen LogP contribution in [0.2, 0.25) is 0 Å². The largest absolute Gasteiger partial charge is 0.507 e. The molecular weight excluding hydrogens is 456 g/mol. The fraction of sp³-hybridized carbons (Fsp3) is 0.448. The molecule has 1 amide bonds. The molecule has 0 bridgehead atoms. The second-order valence-electron chi connectivity index (χ2n) is 9.59. The number of aliphatic hydroxyl groups excluding tert-OH is 1. The lowest BCUT2D eigenvalue weighted by atomic mass is 9.94. The Kier molecular flexibility index (Phi) is 8.44. The number of Topliss-reactive ketones (excluding diaryl/α,β-unsaturated/α-hetero) is 1. The SMILES string of the molecule is CCc1ccc([C@H]2C(=C(O)c3ccc(OC(C)C)cc3)C(=O)C(=O)N2CCCN2CCOCC2)cc1. The van der Waals surface area contributed by atoms with Crippen LogP contribution in [0.25, 0.3) is 5.76 Å². The van der Waals surface area contributed by atoms with Gasteiger partial charge in [0.25, 0.3) is 11.7 Å². The number of aliphatic hydroxyl groups is 1. The Morgan fingerprint density at radius 3 is 2.31 bits per heavy atom. The smallest absolute Gasteiger partial charge is 0.295 e. The maximum atomic E-state index is 13.3. The minimum absolute atomic E-state index is 0.0262. The summed E-state index contributed by atoms with van der Waals surface area (Å²) in [6.07, 6.45) is 1.65. The van der Waals surface area contributed by atoms with Crippen molar-refractivity contribution < 1.29 is 24.2 Å². The van der Waals surface area contributed by atoms with Gasteiger partial charge in [0.1, 0.15) is 11.5 Å². The Hall–Kier alpha value is -3.16. The molecule has 36 heavy (non-hydrogen) atoms. The lowest BCUT2D eigenvalue weighted by molar-refractivity contribution is -0.140. The van der Waals surface area contributed by atoms with Gasteiger partial charge in [-0.25, -0.2) is 0 Å². The molecule has 0 radical (unpaired) electrons. The van der Waals surface area contributed by atoms with Gasteiger partial charge in [0.05, 0.1) is 30.9 Å². The third kappa shape index (κ3) is 5.79. The highest BCUT2D eigenvalue weighted by atomic mass is 16.5. The van der Waals surface area contributed by atoms with Crippen LogP contribution in [-0.2, 0) is 20.7 Å². The Bertz CT molecular complexity index is 1090. The zero-order valence-electron chi connectivity index (χ0n) is 21.4. The third-order valence-corrected chi connectivity index (χ3v) is 6.72. The van der Waals surface area contributed by atoms with Crippen LogP contribution < -0.4 is 4.74 Å². The first-order valence-corrected chi connectivity index (χ1v) is 12.8. The molecule has 2 aliphatic heterocycles. The van der Waals surface area contributed by atoms with Crippen molar-refractivity contribution in [3.05, 3.63) is 70.8 Å². The average Bonchev–Trinajstić information content (AvgIpc) is 3.14. The first-order valence-electron chi connectivity index (χ1n) is 12.8. The van der Waals surface area contributed by atoms with Gasteiger partial charge in [-0.1, -0.05) is 31.2 Å². The van der Waals surface area contributed by atoms with Crippen molar-refractivity contribution in [3.8, 4) is 5.75 Å². The number of hydrogen-bond acceptors (Lipinski definition) is 6. The predicted octanol–water partition coefficient (Wildman–Crippen LogP) is 4.18. The lowest BCUT2D eigenvalue weighted by Gasteiger charge is -2.29. The monoisotopic (exact) mass is 492 g/mol. The molecule has 2 aliphatic rings. The van der Waals surface area contributed by atoms with Crippen molar-refractivity contribution in [2.75, 3.05) is 39.4 Å². The van der Waals surface area contributed by atoms with E-state index >= 15 is 0 Å². The van der Waals surface area contributed by atoms with Gasteiger partial charge in [0, 0.05) is 31.7 Å². The highest BCUT2D eigenvalue weighted by molar-refractivity contribution is 6.46. The molecule has 0 spiro atoms. The number of nitrogens with zero attached hydrogens (tertiary/aromatic N) is 2. The van der Waals surface area contributed by atoms with Crippen molar-refractivity contribution in [2.24, 2.45) is 0 Å². The fourth-order valence-corrected chi connectivity index (χ4v) is 4.80. The molecule has 2 saturated heterocycles. The minimum Gasteiger partial charge on any atom is -0.507 e. The van der Waals surface area contributed by atoms with E-state index in [-0.39, 0.29) is 17.4 Å². The number of carbonyl (C=O) groups excluding carboxylic acids is 2. The number of ketones is 1. The van der Waals surface area contributed by atoms with Crippen LogP contribution in [0.1, 0.15) is 49.9 Å². The van der Waals surface area contributed by atoms with Crippen LogP contribution in [0.15, 0.2) is 54.1 Å². The van der Waals surface area contributed by atoms with Gasteiger partial charge in [0.15, 0.2) is 0 Å². The predicted molar refractivity (Wildman–Crippen MR) is 139 cm³/mol. The van der Waals surface area contributed by atoms with Gasteiger partial charge in [-0.05, 0) is 62.1 Å². The molecule has 7 heteroatoms. The summed E-state index contributed by atoms with van der Waals surface area (Å²) in [5.74, 6) is -0.699. The molecule has 0 saturated carbocycles. The number of likely N-dealkylation sites (tertiary alicyclic amines) is 1. The van der Waals surface area contributed by atoms with Gasteiger partial charge < -0.3 is 19.5 Å². The van der Waals surface area contributed by atoms with E-state index in [4.69, 9.17) is 9.47 Å². The molecule has 2 fully saturated rings. The number of morpholine rings is 1. The van der Waals surface area contributed by atoms with Gasteiger partial charge in [-0.2, -0.15) is 0 Å². The maximum Gasteiger partial charge on any atom is 0.295 e. The quantitative estimate of drug-likeness (QED) is 0.321. The summed E-state index contributed by atoms with van der Waals surface area (Å²) < 4.78 is 11.1. The molecule has 4 rings (SSSR count). The van der Waals surface area contributed by atoms with Crippen molar-refractivity contribution in [3.63, 3.8) is 0 Å². The summed E-state index contributed by atoms with van der Waals surface area (Å²) in [4.78, 5) is 30.4.